The van der Waals surface area contributed by atoms with Crippen LogP contribution in [-0.2, 0) is 11.3 Å². The number of hydrogen-bond donors (Lipinski definition) is 2. The highest BCUT2D eigenvalue weighted by Gasteiger charge is 2.27. The average molecular weight is 333 g/mol. The van der Waals surface area contributed by atoms with Gasteiger partial charge in [-0.15, -0.1) is 0 Å². The first-order chi connectivity index (χ1) is 11.4. The number of hydrogen-bond acceptors (Lipinski definition) is 3. The number of carbonyl (C=O) groups excluding carboxylic acids is 2. The van der Waals surface area contributed by atoms with Crippen molar-refractivity contribution >= 4 is 17.9 Å². The van der Waals surface area contributed by atoms with Crippen LogP contribution in [0.15, 0.2) is 24.3 Å². The van der Waals surface area contributed by atoms with Crippen molar-refractivity contribution in [1.29, 1.82) is 0 Å². The third kappa shape index (κ3) is 4.47. The summed E-state index contributed by atoms with van der Waals surface area (Å²) < 4.78 is 0. The van der Waals surface area contributed by atoms with Gasteiger partial charge in [0.2, 0.25) is 5.91 Å². The summed E-state index contributed by atoms with van der Waals surface area (Å²) in [7, 11) is 3.44. The maximum atomic E-state index is 12.2. The molecule has 1 aliphatic rings. The van der Waals surface area contributed by atoms with Crippen LogP contribution >= 0.6 is 0 Å². The Balaban J connectivity index is 1.79. The Morgan fingerprint density at radius 3 is 2.25 bits per heavy atom. The molecule has 3 amide bonds. The maximum Gasteiger partial charge on any atom is 0.335 e. The number of urea groups is 1. The van der Waals surface area contributed by atoms with Gasteiger partial charge in [-0.1, -0.05) is 12.1 Å². The lowest BCUT2D eigenvalue weighted by Gasteiger charge is -2.33. The van der Waals surface area contributed by atoms with Gasteiger partial charge in [0, 0.05) is 39.6 Å². The fourth-order valence-electron chi connectivity index (χ4n) is 2.71. The highest BCUT2D eigenvalue weighted by atomic mass is 16.4. The van der Waals surface area contributed by atoms with E-state index in [9.17, 15) is 14.4 Å². The van der Waals surface area contributed by atoms with Gasteiger partial charge in [-0.3, -0.25) is 4.79 Å². The molecule has 0 unspecified atom stereocenters. The minimum absolute atomic E-state index is 0.0192. The molecule has 1 fully saturated rings. The largest absolute Gasteiger partial charge is 0.478 e. The predicted octanol–water partition coefficient (Wildman–Crippen LogP) is 1.39. The van der Waals surface area contributed by atoms with E-state index in [4.69, 9.17) is 5.11 Å². The zero-order valence-electron chi connectivity index (χ0n) is 14.0. The van der Waals surface area contributed by atoms with Crippen LogP contribution in [-0.4, -0.2) is 60.0 Å². The van der Waals surface area contributed by atoms with Crippen molar-refractivity contribution in [2.75, 3.05) is 27.2 Å². The van der Waals surface area contributed by atoms with Crippen molar-refractivity contribution in [3.8, 4) is 0 Å². The Morgan fingerprint density at radius 2 is 1.75 bits per heavy atom. The van der Waals surface area contributed by atoms with Crippen LogP contribution < -0.4 is 5.32 Å². The van der Waals surface area contributed by atoms with Crippen LogP contribution in [0.5, 0.6) is 0 Å². The molecule has 0 aromatic heterocycles. The van der Waals surface area contributed by atoms with Gasteiger partial charge >= 0.3 is 12.0 Å². The summed E-state index contributed by atoms with van der Waals surface area (Å²) in [5.41, 5.74) is 1.08. The van der Waals surface area contributed by atoms with Gasteiger partial charge in [0.25, 0.3) is 0 Å². The first-order valence-corrected chi connectivity index (χ1v) is 7.94. The summed E-state index contributed by atoms with van der Waals surface area (Å²) in [5.74, 6) is -1.08. The van der Waals surface area contributed by atoms with Gasteiger partial charge in [-0.2, -0.15) is 0 Å². The van der Waals surface area contributed by atoms with E-state index in [1.165, 1.54) is 12.1 Å². The van der Waals surface area contributed by atoms with E-state index >= 15 is 0 Å². The highest BCUT2D eigenvalue weighted by molar-refractivity contribution is 5.87. The molecule has 7 heteroatoms. The monoisotopic (exact) mass is 333 g/mol. The number of likely N-dealkylation sites (tertiary alicyclic amines) is 1. The van der Waals surface area contributed by atoms with Gasteiger partial charge in [-0.05, 0) is 30.5 Å². The van der Waals surface area contributed by atoms with Crippen molar-refractivity contribution in [2.24, 2.45) is 5.92 Å². The van der Waals surface area contributed by atoms with E-state index in [-0.39, 0.29) is 23.4 Å². The molecule has 1 saturated heterocycles. The summed E-state index contributed by atoms with van der Waals surface area (Å²) >= 11 is 0. The summed E-state index contributed by atoms with van der Waals surface area (Å²) in [6.07, 6.45) is 1.31. The van der Waals surface area contributed by atoms with Gasteiger partial charge in [0.05, 0.1) is 5.56 Å². The summed E-state index contributed by atoms with van der Waals surface area (Å²) in [4.78, 5) is 38.2. The lowest BCUT2D eigenvalue weighted by Crippen LogP contribution is -2.46. The summed E-state index contributed by atoms with van der Waals surface area (Å²) in [6.45, 7) is 1.54. The third-order valence-corrected chi connectivity index (χ3v) is 4.19. The van der Waals surface area contributed by atoms with Crippen LogP contribution in [0.1, 0.15) is 28.8 Å². The van der Waals surface area contributed by atoms with Gasteiger partial charge in [-0.25, -0.2) is 9.59 Å². The minimum Gasteiger partial charge on any atom is -0.478 e. The molecule has 0 aliphatic carbocycles. The highest BCUT2D eigenvalue weighted by Crippen LogP contribution is 2.18. The third-order valence-electron chi connectivity index (χ3n) is 4.19. The Kier molecular flexibility index (Phi) is 5.78. The number of nitrogens with zero attached hydrogens (tertiary/aromatic N) is 2. The Morgan fingerprint density at radius 1 is 1.17 bits per heavy atom. The van der Waals surface area contributed by atoms with E-state index in [1.807, 2.05) is 0 Å². The molecule has 0 bridgehead atoms. The lowest BCUT2D eigenvalue weighted by atomic mass is 9.96. The molecule has 0 spiro atoms. The molecule has 24 heavy (non-hydrogen) atoms. The SMILES string of the molecule is CN(C)C(=O)N1CCC(C(=O)NCc2ccc(C(=O)O)cc2)CC1. The standard InChI is InChI=1S/C17H23N3O4/c1-19(2)17(24)20-9-7-13(8-10-20)15(21)18-11-12-3-5-14(6-4-12)16(22)23/h3-6,13H,7-11H2,1-2H3,(H,18,21)(H,22,23). The number of nitrogens with one attached hydrogen (secondary N) is 1. The maximum absolute atomic E-state index is 12.2. The molecule has 130 valence electrons. The molecule has 1 aromatic carbocycles. The Bertz CT molecular complexity index is 605. The number of benzene rings is 1. The zero-order valence-corrected chi connectivity index (χ0v) is 14.0. The number of piperidine rings is 1. The van der Waals surface area contributed by atoms with Crippen LogP contribution in [0.4, 0.5) is 4.79 Å². The lowest BCUT2D eigenvalue weighted by molar-refractivity contribution is -0.126. The van der Waals surface area contributed by atoms with Gasteiger partial charge in [0.15, 0.2) is 0 Å². The first-order valence-electron chi connectivity index (χ1n) is 7.94. The molecule has 0 saturated carbocycles. The molecule has 1 aromatic rings. The van der Waals surface area contributed by atoms with Crippen LogP contribution in [0.25, 0.3) is 0 Å². The molecule has 1 heterocycles. The number of aromatic carboxylic acids is 1. The van der Waals surface area contributed by atoms with Gasteiger partial charge in [0.1, 0.15) is 0 Å². The molecule has 2 rings (SSSR count). The van der Waals surface area contributed by atoms with Crippen molar-refractivity contribution in [3.05, 3.63) is 35.4 Å². The second-order valence-corrected chi connectivity index (χ2v) is 6.16. The topological polar surface area (TPSA) is 90.0 Å². The minimum atomic E-state index is -0.968. The fourth-order valence-corrected chi connectivity index (χ4v) is 2.71. The van der Waals surface area contributed by atoms with E-state index < -0.39 is 5.97 Å². The first kappa shape index (κ1) is 17.8. The number of amides is 3. The van der Waals surface area contributed by atoms with E-state index in [2.05, 4.69) is 5.32 Å². The summed E-state index contributed by atoms with van der Waals surface area (Å²) in [6, 6.07) is 6.42. The number of carboxylic acid groups (broad SMARTS) is 1. The molecule has 2 N–H and O–H groups in total. The van der Waals surface area contributed by atoms with Gasteiger partial charge < -0.3 is 20.2 Å². The second-order valence-electron chi connectivity index (χ2n) is 6.16. The second kappa shape index (κ2) is 7.81. The molecular formula is C17H23N3O4. The van der Waals surface area contributed by atoms with Crippen molar-refractivity contribution < 1.29 is 19.5 Å². The fraction of sp³-hybridized carbons (Fsp3) is 0.471. The van der Waals surface area contributed by atoms with Crippen molar-refractivity contribution in [1.82, 2.24) is 15.1 Å². The molecule has 0 radical (unpaired) electrons. The Labute approximate surface area is 141 Å². The average Bonchev–Trinajstić information content (AvgIpc) is 2.59. The quantitative estimate of drug-likeness (QED) is 0.871. The van der Waals surface area contributed by atoms with Crippen LogP contribution in [0.2, 0.25) is 0 Å². The smallest absolute Gasteiger partial charge is 0.335 e. The van der Waals surface area contributed by atoms with Crippen LogP contribution in [0.3, 0.4) is 0 Å². The van der Waals surface area contributed by atoms with E-state index in [0.717, 1.165) is 5.56 Å². The number of carboxylic acids is 1. The van der Waals surface area contributed by atoms with E-state index in [0.29, 0.717) is 32.5 Å². The molecule has 1 aliphatic heterocycles. The van der Waals surface area contributed by atoms with Crippen LogP contribution in [0, 0.1) is 5.92 Å². The van der Waals surface area contributed by atoms with Crippen molar-refractivity contribution in [3.63, 3.8) is 0 Å². The normalized spacial score (nSPS) is 15.0. The number of rotatable bonds is 4. The molecular weight excluding hydrogens is 310 g/mol. The van der Waals surface area contributed by atoms with Crippen molar-refractivity contribution in [2.45, 2.75) is 19.4 Å². The molecule has 7 nitrogen and oxygen atoms in total. The zero-order chi connectivity index (χ0) is 17.7. The van der Waals surface area contributed by atoms with E-state index in [1.54, 1.807) is 36.0 Å². The Hall–Kier alpha value is -2.57. The number of carbonyl (C=O) groups is 3. The molecule has 0 atom stereocenters. The summed E-state index contributed by atoms with van der Waals surface area (Å²) in [5, 5.41) is 11.7. The predicted molar refractivity (Wildman–Crippen MR) is 88.6 cm³/mol.